The molecule has 0 aliphatic heterocycles. The molecule has 0 spiro atoms. The molecule has 1 nitrogen and oxygen atoms in total. The van der Waals surface area contributed by atoms with Gasteiger partial charge in [-0.1, -0.05) is 61.2 Å². The number of H-pyrrole nitrogens is 1. The summed E-state index contributed by atoms with van der Waals surface area (Å²) in [6.45, 7) is 6.20. The van der Waals surface area contributed by atoms with Crippen molar-refractivity contribution in [2.75, 3.05) is 0 Å². The minimum absolute atomic E-state index is 1.20. The molecule has 1 N–H and O–H groups in total. The molecule has 2 heteroatoms. The van der Waals surface area contributed by atoms with Crippen LogP contribution in [0.3, 0.4) is 0 Å². The number of hydrogen-bond donors (Lipinski definition) is 1. The molecule has 4 aromatic carbocycles. The monoisotopic (exact) mass is 363 g/mol. The van der Waals surface area contributed by atoms with Gasteiger partial charge in [-0.2, -0.15) is 0 Å². The van der Waals surface area contributed by atoms with Crippen LogP contribution in [0.1, 0.15) is 10.4 Å². The first-order valence-corrected chi connectivity index (χ1v) is 9.98. The van der Waals surface area contributed by atoms with E-state index in [1.54, 1.807) is 0 Å². The van der Waals surface area contributed by atoms with Crippen molar-refractivity contribution in [1.29, 1.82) is 0 Å². The first kappa shape index (κ1) is 15.0. The van der Waals surface area contributed by atoms with Gasteiger partial charge >= 0.3 is 0 Å². The zero-order valence-electron chi connectivity index (χ0n) is 15.0. The number of aromatic amines is 1. The molecule has 0 aliphatic rings. The number of aromatic nitrogens is 1. The molecule has 0 atom stereocenters. The number of thiophene rings is 1. The van der Waals surface area contributed by atoms with Crippen LogP contribution in [0.25, 0.3) is 59.5 Å². The van der Waals surface area contributed by atoms with E-state index in [0.717, 1.165) is 0 Å². The van der Waals surface area contributed by atoms with Crippen LogP contribution in [0.2, 0.25) is 0 Å². The fourth-order valence-corrected chi connectivity index (χ4v) is 5.67. The van der Waals surface area contributed by atoms with E-state index in [1.165, 1.54) is 63.9 Å². The Labute approximate surface area is 160 Å². The Kier molecular flexibility index (Phi) is 2.90. The molecule has 0 saturated carbocycles. The van der Waals surface area contributed by atoms with Crippen molar-refractivity contribution in [2.24, 2.45) is 0 Å². The zero-order chi connectivity index (χ0) is 18.1. The zero-order valence-corrected chi connectivity index (χ0v) is 15.8. The molecule has 0 unspecified atom stereocenters. The summed E-state index contributed by atoms with van der Waals surface area (Å²) in [4.78, 5) is 4.90. The average Bonchev–Trinajstić information content (AvgIpc) is 3.25. The SMILES string of the molecule is C=Cc1sc2c(ccc3[nH]c4ccc5c6ccccc6ccc5c4c32)c1C. The molecule has 128 valence electrons. The van der Waals surface area contributed by atoms with Gasteiger partial charge < -0.3 is 4.98 Å². The predicted molar refractivity (Wildman–Crippen MR) is 121 cm³/mol. The van der Waals surface area contributed by atoms with Gasteiger partial charge in [-0.15, -0.1) is 11.3 Å². The van der Waals surface area contributed by atoms with E-state index in [-0.39, 0.29) is 0 Å². The maximum absolute atomic E-state index is 4.00. The first-order valence-electron chi connectivity index (χ1n) is 9.16. The van der Waals surface area contributed by atoms with Crippen molar-refractivity contribution in [1.82, 2.24) is 4.98 Å². The molecule has 6 rings (SSSR count). The highest BCUT2D eigenvalue weighted by Gasteiger charge is 2.15. The van der Waals surface area contributed by atoms with E-state index in [2.05, 4.69) is 79.2 Å². The molecular formula is C25H17NS. The van der Waals surface area contributed by atoms with Gasteiger partial charge in [0.1, 0.15) is 0 Å². The van der Waals surface area contributed by atoms with E-state index >= 15 is 0 Å². The third-order valence-corrected chi connectivity index (χ3v) is 7.10. The van der Waals surface area contributed by atoms with Gasteiger partial charge in [0.05, 0.1) is 0 Å². The minimum Gasteiger partial charge on any atom is -0.354 e. The molecule has 0 amide bonds. The van der Waals surface area contributed by atoms with E-state index < -0.39 is 0 Å². The number of hydrogen-bond acceptors (Lipinski definition) is 1. The Bertz CT molecular complexity index is 1550. The van der Waals surface area contributed by atoms with Gasteiger partial charge in [-0.05, 0) is 51.6 Å². The van der Waals surface area contributed by atoms with Crippen LogP contribution in [0, 0.1) is 6.92 Å². The van der Waals surface area contributed by atoms with Crippen molar-refractivity contribution in [3.63, 3.8) is 0 Å². The Balaban J connectivity index is 1.91. The van der Waals surface area contributed by atoms with Gasteiger partial charge in [0.2, 0.25) is 0 Å². The normalized spacial score (nSPS) is 12.0. The lowest BCUT2D eigenvalue weighted by Crippen LogP contribution is -1.79. The second-order valence-corrected chi connectivity index (χ2v) is 8.21. The van der Waals surface area contributed by atoms with Crippen LogP contribution in [-0.4, -0.2) is 4.98 Å². The molecule has 0 saturated heterocycles. The van der Waals surface area contributed by atoms with E-state index in [4.69, 9.17) is 0 Å². The number of benzene rings is 4. The molecule has 0 fully saturated rings. The van der Waals surface area contributed by atoms with Crippen LogP contribution in [0.5, 0.6) is 0 Å². The number of rotatable bonds is 1. The number of fused-ring (bicyclic) bond motifs is 9. The summed E-state index contributed by atoms with van der Waals surface area (Å²) < 4.78 is 1.35. The van der Waals surface area contributed by atoms with Crippen molar-refractivity contribution in [3.8, 4) is 0 Å². The average molecular weight is 363 g/mol. The van der Waals surface area contributed by atoms with Crippen LogP contribution < -0.4 is 0 Å². The quantitative estimate of drug-likeness (QED) is 0.287. The highest BCUT2D eigenvalue weighted by molar-refractivity contribution is 7.21. The molecule has 6 aromatic rings. The third-order valence-electron chi connectivity index (χ3n) is 5.77. The second-order valence-electron chi connectivity index (χ2n) is 7.16. The van der Waals surface area contributed by atoms with Gasteiger partial charge in [-0.3, -0.25) is 0 Å². The van der Waals surface area contributed by atoms with Crippen LogP contribution in [0.4, 0.5) is 0 Å². The molecule has 0 radical (unpaired) electrons. The summed E-state index contributed by atoms with van der Waals surface area (Å²) in [5, 5.41) is 9.23. The lowest BCUT2D eigenvalue weighted by Gasteiger charge is -2.06. The van der Waals surface area contributed by atoms with Crippen molar-refractivity contribution in [2.45, 2.75) is 6.92 Å². The number of nitrogens with one attached hydrogen (secondary N) is 1. The molecular weight excluding hydrogens is 346 g/mol. The lowest BCUT2D eigenvalue weighted by molar-refractivity contribution is 1.55. The minimum atomic E-state index is 1.20. The van der Waals surface area contributed by atoms with Crippen LogP contribution in [-0.2, 0) is 0 Å². The fraction of sp³-hybridized carbons (Fsp3) is 0.0400. The largest absolute Gasteiger partial charge is 0.354 e. The highest BCUT2D eigenvalue weighted by atomic mass is 32.1. The summed E-state index contributed by atoms with van der Waals surface area (Å²) in [7, 11) is 0. The fourth-order valence-electron chi connectivity index (χ4n) is 4.46. The standard InChI is InChI=1S/C25H17NS/c1-3-22-14(2)16-10-12-21-24(25(16)27-22)23-19-9-8-15-6-4-5-7-17(15)18(19)11-13-20(23)26-21/h3-13,26H,1H2,2H3. The van der Waals surface area contributed by atoms with Crippen LogP contribution >= 0.6 is 11.3 Å². The van der Waals surface area contributed by atoms with Gasteiger partial charge in [-0.25, -0.2) is 0 Å². The Hall–Kier alpha value is -3.10. The maximum atomic E-state index is 4.00. The van der Waals surface area contributed by atoms with Gasteiger partial charge in [0.15, 0.2) is 0 Å². The molecule has 0 aliphatic carbocycles. The molecule has 0 bridgehead atoms. The third kappa shape index (κ3) is 1.88. The number of aryl methyl sites for hydroxylation is 1. The Morgan fingerprint density at radius 1 is 0.778 bits per heavy atom. The summed E-state index contributed by atoms with van der Waals surface area (Å²) in [6.07, 6.45) is 1.98. The van der Waals surface area contributed by atoms with Crippen molar-refractivity contribution < 1.29 is 0 Å². The molecule has 2 heterocycles. The molecule has 27 heavy (non-hydrogen) atoms. The lowest BCUT2D eigenvalue weighted by atomic mass is 9.98. The smallest absolute Gasteiger partial charge is 0.0479 e. The maximum Gasteiger partial charge on any atom is 0.0479 e. The topological polar surface area (TPSA) is 15.8 Å². The second kappa shape index (κ2) is 5.21. The van der Waals surface area contributed by atoms with Gasteiger partial charge in [0.25, 0.3) is 0 Å². The Morgan fingerprint density at radius 2 is 1.52 bits per heavy atom. The van der Waals surface area contributed by atoms with E-state index in [1.807, 2.05) is 17.4 Å². The Morgan fingerprint density at radius 3 is 2.37 bits per heavy atom. The van der Waals surface area contributed by atoms with E-state index in [9.17, 15) is 0 Å². The van der Waals surface area contributed by atoms with Crippen molar-refractivity contribution >= 4 is 70.8 Å². The van der Waals surface area contributed by atoms with Gasteiger partial charge in [0, 0.05) is 31.4 Å². The summed E-state index contributed by atoms with van der Waals surface area (Å²) in [5.41, 5.74) is 3.73. The van der Waals surface area contributed by atoms with Crippen LogP contribution in [0.15, 0.2) is 67.2 Å². The van der Waals surface area contributed by atoms with E-state index in [0.29, 0.717) is 0 Å². The summed E-state index contributed by atoms with van der Waals surface area (Å²) >= 11 is 1.85. The highest BCUT2D eigenvalue weighted by Crippen LogP contribution is 2.42. The first-order chi connectivity index (χ1) is 13.3. The molecule has 2 aromatic heterocycles. The summed E-state index contributed by atoms with van der Waals surface area (Å²) in [6, 6.07) is 22.1. The van der Waals surface area contributed by atoms with Crippen molar-refractivity contribution in [3.05, 3.63) is 77.7 Å². The predicted octanol–water partition coefficient (Wildman–Crippen LogP) is 7.79. The summed E-state index contributed by atoms with van der Waals surface area (Å²) in [5.74, 6) is 0.